The van der Waals surface area contributed by atoms with E-state index in [1.54, 1.807) is 0 Å². The predicted molar refractivity (Wildman–Crippen MR) is 55.1 cm³/mol. The lowest BCUT2D eigenvalue weighted by atomic mass is 10.2. The molecule has 72 valence electrons. The van der Waals surface area contributed by atoms with Crippen molar-refractivity contribution in [2.75, 3.05) is 39.8 Å². The molecular formula is C10H17N3. The van der Waals surface area contributed by atoms with Crippen LogP contribution in [-0.2, 0) is 0 Å². The van der Waals surface area contributed by atoms with Gasteiger partial charge in [0.05, 0.1) is 6.54 Å². The van der Waals surface area contributed by atoms with Gasteiger partial charge in [0, 0.05) is 32.6 Å². The monoisotopic (exact) mass is 179 g/mol. The van der Waals surface area contributed by atoms with Crippen LogP contribution in [0.5, 0.6) is 0 Å². The maximum Gasteiger partial charge on any atom is 0.103 e. The third-order valence-corrected chi connectivity index (χ3v) is 2.71. The minimum absolute atomic E-state index is 0.877. The molecule has 2 heterocycles. The average Bonchev–Trinajstić information content (AvgIpc) is 2.20. The SMILES string of the molecule is CN1CCN(C2=NCC=CC2)CC1. The van der Waals surface area contributed by atoms with E-state index < -0.39 is 0 Å². The van der Waals surface area contributed by atoms with Crippen molar-refractivity contribution in [2.24, 2.45) is 4.99 Å². The van der Waals surface area contributed by atoms with Crippen LogP contribution in [0, 0.1) is 0 Å². The molecule has 0 bridgehead atoms. The molecular weight excluding hydrogens is 162 g/mol. The van der Waals surface area contributed by atoms with Gasteiger partial charge >= 0.3 is 0 Å². The molecule has 1 saturated heterocycles. The number of likely N-dealkylation sites (N-methyl/N-ethyl adjacent to an activating group) is 1. The van der Waals surface area contributed by atoms with Gasteiger partial charge in [-0.2, -0.15) is 0 Å². The summed E-state index contributed by atoms with van der Waals surface area (Å²) in [7, 11) is 2.18. The summed E-state index contributed by atoms with van der Waals surface area (Å²) in [4.78, 5) is 9.31. The Hall–Kier alpha value is -0.830. The molecule has 0 aliphatic carbocycles. The zero-order valence-electron chi connectivity index (χ0n) is 8.24. The van der Waals surface area contributed by atoms with E-state index >= 15 is 0 Å². The summed E-state index contributed by atoms with van der Waals surface area (Å²) in [6.45, 7) is 5.50. The van der Waals surface area contributed by atoms with Crippen LogP contribution in [0.25, 0.3) is 0 Å². The van der Waals surface area contributed by atoms with Gasteiger partial charge in [-0.3, -0.25) is 4.99 Å². The van der Waals surface area contributed by atoms with Crippen LogP contribution in [-0.4, -0.2) is 55.4 Å². The van der Waals surface area contributed by atoms with E-state index in [1.807, 2.05) is 0 Å². The summed E-state index contributed by atoms with van der Waals surface area (Å²) >= 11 is 0. The second-order valence-corrected chi connectivity index (χ2v) is 3.72. The lowest BCUT2D eigenvalue weighted by Gasteiger charge is -2.34. The van der Waals surface area contributed by atoms with E-state index in [1.165, 1.54) is 18.9 Å². The first-order chi connectivity index (χ1) is 6.36. The normalized spacial score (nSPS) is 24.7. The molecule has 0 aromatic heterocycles. The Labute approximate surface area is 79.7 Å². The largest absolute Gasteiger partial charge is 0.358 e. The number of piperazine rings is 1. The van der Waals surface area contributed by atoms with E-state index in [0.29, 0.717) is 0 Å². The van der Waals surface area contributed by atoms with Crippen LogP contribution in [0.15, 0.2) is 17.1 Å². The molecule has 2 aliphatic heterocycles. The number of hydrogen-bond donors (Lipinski definition) is 0. The van der Waals surface area contributed by atoms with Crippen LogP contribution < -0.4 is 0 Å². The molecule has 1 fully saturated rings. The van der Waals surface area contributed by atoms with Gasteiger partial charge in [-0.25, -0.2) is 0 Å². The summed E-state index contributed by atoms with van der Waals surface area (Å²) in [6, 6.07) is 0. The highest BCUT2D eigenvalue weighted by Crippen LogP contribution is 2.06. The summed E-state index contributed by atoms with van der Waals surface area (Å²) in [5, 5.41) is 0. The number of amidine groups is 1. The van der Waals surface area contributed by atoms with Crippen molar-refractivity contribution < 1.29 is 0 Å². The van der Waals surface area contributed by atoms with E-state index in [2.05, 4.69) is 34.0 Å². The Morgan fingerprint density at radius 3 is 2.54 bits per heavy atom. The topological polar surface area (TPSA) is 18.8 Å². The van der Waals surface area contributed by atoms with Crippen molar-refractivity contribution in [1.82, 2.24) is 9.80 Å². The summed E-state index contributed by atoms with van der Waals surface area (Å²) in [5.74, 6) is 1.29. The zero-order chi connectivity index (χ0) is 9.10. The Kier molecular flexibility index (Phi) is 2.64. The minimum atomic E-state index is 0.877. The highest BCUT2D eigenvalue weighted by Gasteiger charge is 2.16. The Balaban J connectivity index is 1.90. The van der Waals surface area contributed by atoms with E-state index in [9.17, 15) is 0 Å². The van der Waals surface area contributed by atoms with Crippen LogP contribution in [0.3, 0.4) is 0 Å². The van der Waals surface area contributed by atoms with E-state index in [-0.39, 0.29) is 0 Å². The highest BCUT2D eigenvalue weighted by atomic mass is 15.3. The molecule has 0 radical (unpaired) electrons. The lowest BCUT2D eigenvalue weighted by Crippen LogP contribution is -2.47. The quantitative estimate of drug-likeness (QED) is 0.507. The number of nitrogens with zero attached hydrogens (tertiary/aromatic N) is 3. The van der Waals surface area contributed by atoms with Crippen molar-refractivity contribution in [3.8, 4) is 0 Å². The lowest BCUT2D eigenvalue weighted by molar-refractivity contribution is 0.213. The molecule has 0 unspecified atom stereocenters. The summed E-state index contributed by atoms with van der Waals surface area (Å²) < 4.78 is 0. The van der Waals surface area contributed by atoms with Crippen molar-refractivity contribution in [3.05, 3.63) is 12.2 Å². The molecule has 3 nitrogen and oxygen atoms in total. The molecule has 2 aliphatic rings. The fraction of sp³-hybridized carbons (Fsp3) is 0.700. The van der Waals surface area contributed by atoms with E-state index in [4.69, 9.17) is 0 Å². The third-order valence-electron chi connectivity index (χ3n) is 2.71. The summed E-state index contributed by atoms with van der Waals surface area (Å²) in [5.41, 5.74) is 0. The minimum Gasteiger partial charge on any atom is -0.358 e. The van der Waals surface area contributed by atoms with Gasteiger partial charge in [-0.05, 0) is 7.05 Å². The van der Waals surface area contributed by atoms with Crippen LogP contribution in [0.4, 0.5) is 0 Å². The van der Waals surface area contributed by atoms with Crippen molar-refractivity contribution >= 4 is 5.84 Å². The fourth-order valence-electron chi connectivity index (χ4n) is 1.78. The maximum atomic E-state index is 4.52. The first-order valence-corrected chi connectivity index (χ1v) is 4.98. The second kappa shape index (κ2) is 3.92. The Bertz CT molecular complexity index is 224. The van der Waals surface area contributed by atoms with Gasteiger partial charge < -0.3 is 9.80 Å². The van der Waals surface area contributed by atoms with E-state index in [0.717, 1.165) is 26.1 Å². The van der Waals surface area contributed by atoms with Gasteiger partial charge in [0.25, 0.3) is 0 Å². The number of dihydropyridines is 1. The smallest absolute Gasteiger partial charge is 0.103 e. The fourth-order valence-corrected chi connectivity index (χ4v) is 1.78. The van der Waals surface area contributed by atoms with Crippen molar-refractivity contribution in [3.63, 3.8) is 0 Å². The number of hydrogen-bond acceptors (Lipinski definition) is 3. The van der Waals surface area contributed by atoms with Crippen LogP contribution >= 0.6 is 0 Å². The van der Waals surface area contributed by atoms with Gasteiger partial charge in [0.1, 0.15) is 5.84 Å². The standard InChI is InChI=1S/C10H17N3/c1-12-6-8-13(9-7-12)10-4-2-3-5-11-10/h2-3H,4-9H2,1H3. The average molecular weight is 179 g/mol. The molecule has 0 saturated carbocycles. The summed E-state index contributed by atoms with van der Waals surface area (Å²) in [6.07, 6.45) is 5.39. The van der Waals surface area contributed by atoms with Gasteiger partial charge in [-0.15, -0.1) is 0 Å². The first-order valence-electron chi connectivity index (χ1n) is 4.98. The number of rotatable bonds is 0. The maximum absolute atomic E-state index is 4.52. The van der Waals surface area contributed by atoms with Gasteiger partial charge in [-0.1, -0.05) is 12.2 Å². The first kappa shape index (κ1) is 8.75. The molecule has 2 rings (SSSR count). The van der Waals surface area contributed by atoms with Crippen LogP contribution in [0.1, 0.15) is 6.42 Å². The molecule has 0 amide bonds. The van der Waals surface area contributed by atoms with Crippen LogP contribution in [0.2, 0.25) is 0 Å². The molecule has 0 aromatic carbocycles. The van der Waals surface area contributed by atoms with Crippen molar-refractivity contribution in [1.29, 1.82) is 0 Å². The second-order valence-electron chi connectivity index (χ2n) is 3.72. The molecule has 0 N–H and O–H groups in total. The Morgan fingerprint density at radius 2 is 1.92 bits per heavy atom. The molecule has 0 aromatic rings. The number of aliphatic imine (C=N–C) groups is 1. The Morgan fingerprint density at radius 1 is 1.15 bits per heavy atom. The molecule has 0 atom stereocenters. The zero-order valence-corrected chi connectivity index (χ0v) is 8.24. The van der Waals surface area contributed by atoms with Crippen molar-refractivity contribution in [2.45, 2.75) is 6.42 Å². The molecule has 13 heavy (non-hydrogen) atoms. The van der Waals surface area contributed by atoms with Gasteiger partial charge in [0.15, 0.2) is 0 Å². The third kappa shape index (κ3) is 2.10. The van der Waals surface area contributed by atoms with Gasteiger partial charge in [0.2, 0.25) is 0 Å². The highest BCUT2D eigenvalue weighted by molar-refractivity contribution is 5.84. The predicted octanol–water partition coefficient (Wildman–Crippen LogP) is 0.592. The molecule has 3 heteroatoms. The molecule has 0 spiro atoms.